The minimum Gasteiger partial charge on any atom is -0.191 e. The number of hydrogen-bond acceptors (Lipinski definition) is 2. The maximum Gasteiger partial charge on any atom is 0.123 e. The summed E-state index contributed by atoms with van der Waals surface area (Å²) in [7, 11) is 0. The summed E-state index contributed by atoms with van der Waals surface area (Å²) in [5, 5.41) is 9.09. The van der Waals surface area contributed by atoms with Crippen molar-refractivity contribution in [2.24, 2.45) is 0 Å². The van der Waals surface area contributed by atoms with Crippen LogP contribution in [0.2, 0.25) is 5.02 Å². The first kappa shape index (κ1) is 7.59. The predicted molar refractivity (Wildman–Crippen MR) is 43.4 cm³/mol. The van der Waals surface area contributed by atoms with E-state index in [0.717, 1.165) is 6.42 Å². The molecule has 0 fully saturated rings. The highest BCUT2D eigenvalue weighted by Crippen LogP contribution is 2.25. The molecule has 1 nitrogen and oxygen atoms in total. The maximum absolute atomic E-state index is 8.50. The van der Waals surface area contributed by atoms with E-state index < -0.39 is 0 Å². The Morgan fingerprint density at radius 3 is 2.80 bits per heavy atom. The van der Waals surface area contributed by atoms with Crippen LogP contribution in [0.25, 0.3) is 0 Å². The Balaban J connectivity index is 3.07. The second kappa shape index (κ2) is 3.05. The lowest BCUT2D eigenvalue weighted by Gasteiger charge is -1.79. The molecule has 0 aliphatic rings. The van der Waals surface area contributed by atoms with Gasteiger partial charge in [0.2, 0.25) is 0 Å². The second-order valence-corrected chi connectivity index (χ2v) is 3.40. The molecular formula is C7H6ClNS. The highest BCUT2D eigenvalue weighted by Gasteiger charge is 2.03. The predicted octanol–water partition coefficient (Wildman–Crippen LogP) is 2.84. The molecule has 0 aliphatic carbocycles. The van der Waals surface area contributed by atoms with Crippen LogP contribution in [0.3, 0.4) is 0 Å². The van der Waals surface area contributed by atoms with E-state index >= 15 is 0 Å². The molecule has 0 spiro atoms. The van der Waals surface area contributed by atoms with Crippen LogP contribution in [0.1, 0.15) is 16.7 Å². The van der Waals surface area contributed by atoms with Crippen molar-refractivity contribution in [1.82, 2.24) is 0 Å². The lowest BCUT2D eigenvalue weighted by Crippen LogP contribution is -1.64. The molecule has 1 aromatic heterocycles. The van der Waals surface area contributed by atoms with Gasteiger partial charge in [-0.2, -0.15) is 5.26 Å². The van der Waals surface area contributed by atoms with Crippen molar-refractivity contribution in [1.29, 1.82) is 5.26 Å². The molecule has 52 valence electrons. The van der Waals surface area contributed by atoms with E-state index in [1.807, 2.05) is 19.1 Å². The van der Waals surface area contributed by atoms with Crippen molar-refractivity contribution in [2.75, 3.05) is 0 Å². The van der Waals surface area contributed by atoms with Gasteiger partial charge in [-0.25, -0.2) is 0 Å². The van der Waals surface area contributed by atoms with Gasteiger partial charge in [-0.05, 0) is 12.5 Å². The van der Waals surface area contributed by atoms with Crippen molar-refractivity contribution in [2.45, 2.75) is 13.3 Å². The summed E-state index contributed by atoms with van der Waals surface area (Å²) in [6.45, 7) is 2.04. The zero-order valence-electron chi connectivity index (χ0n) is 5.52. The van der Waals surface area contributed by atoms with Gasteiger partial charge in [0.15, 0.2) is 0 Å². The molecule has 3 heteroatoms. The standard InChI is InChI=1S/C7H6ClNS/c1-2-5-3-6(8)7(4-9)10-5/h3H,2H2,1H3. The molecule has 0 saturated heterocycles. The van der Waals surface area contributed by atoms with Gasteiger partial charge in [0.25, 0.3) is 0 Å². The molecule has 0 atom stereocenters. The fourth-order valence-electron chi connectivity index (χ4n) is 0.667. The SMILES string of the molecule is CCc1cc(Cl)c(C#N)s1. The third-order valence-electron chi connectivity index (χ3n) is 1.19. The highest BCUT2D eigenvalue weighted by atomic mass is 35.5. The average Bonchev–Trinajstić information content (AvgIpc) is 2.30. The van der Waals surface area contributed by atoms with E-state index in [-0.39, 0.29) is 0 Å². The van der Waals surface area contributed by atoms with Crippen molar-refractivity contribution in [3.8, 4) is 6.07 Å². The monoisotopic (exact) mass is 171 g/mol. The van der Waals surface area contributed by atoms with Crippen LogP contribution in [-0.2, 0) is 6.42 Å². The van der Waals surface area contributed by atoms with Crippen molar-refractivity contribution < 1.29 is 0 Å². The Morgan fingerprint density at radius 2 is 2.50 bits per heavy atom. The first-order valence-electron chi connectivity index (χ1n) is 2.96. The lowest BCUT2D eigenvalue weighted by atomic mass is 10.4. The quantitative estimate of drug-likeness (QED) is 0.638. The van der Waals surface area contributed by atoms with E-state index in [1.165, 1.54) is 16.2 Å². The molecule has 0 aliphatic heterocycles. The molecule has 0 aromatic carbocycles. The normalized spacial score (nSPS) is 9.30. The molecule has 0 unspecified atom stereocenters. The number of thiophene rings is 1. The third kappa shape index (κ3) is 1.31. The first-order valence-corrected chi connectivity index (χ1v) is 4.15. The van der Waals surface area contributed by atoms with Crippen LogP contribution in [0.5, 0.6) is 0 Å². The number of halogens is 1. The van der Waals surface area contributed by atoms with Gasteiger partial charge in [-0.1, -0.05) is 18.5 Å². The Bertz CT molecular complexity index is 272. The van der Waals surface area contributed by atoms with Gasteiger partial charge in [-0.15, -0.1) is 11.3 Å². The van der Waals surface area contributed by atoms with Crippen molar-refractivity contribution in [3.63, 3.8) is 0 Å². The number of aryl methyl sites for hydroxylation is 1. The van der Waals surface area contributed by atoms with Crippen LogP contribution in [0, 0.1) is 11.3 Å². The molecular weight excluding hydrogens is 166 g/mol. The molecule has 0 bridgehead atoms. The summed E-state index contributed by atoms with van der Waals surface area (Å²) in [4.78, 5) is 1.79. The summed E-state index contributed by atoms with van der Waals surface area (Å²) in [5.41, 5.74) is 0. The van der Waals surface area contributed by atoms with Crippen molar-refractivity contribution >= 4 is 22.9 Å². The lowest BCUT2D eigenvalue weighted by molar-refractivity contribution is 1.19. The average molecular weight is 172 g/mol. The van der Waals surface area contributed by atoms with Crippen LogP contribution >= 0.6 is 22.9 Å². The molecule has 0 amide bonds. The molecule has 0 N–H and O–H groups in total. The van der Waals surface area contributed by atoms with E-state index in [0.29, 0.717) is 9.90 Å². The number of nitrogens with zero attached hydrogens (tertiary/aromatic N) is 1. The van der Waals surface area contributed by atoms with Gasteiger partial charge < -0.3 is 0 Å². The third-order valence-corrected chi connectivity index (χ3v) is 2.78. The van der Waals surface area contributed by atoms with Crippen LogP contribution in [-0.4, -0.2) is 0 Å². The highest BCUT2D eigenvalue weighted by molar-refractivity contribution is 7.13. The number of nitriles is 1. The fourth-order valence-corrected chi connectivity index (χ4v) is 1.81. The largest absolute Gasteiger partial charge is 0.191 e. The minimum atomic E-state index is 0.587. The Morgan fingerprint density at radius 1 is 1.80 bits per heavy atom. The van der Waals surface area contributed by atoms with Crippen LogP contribution in [0.4, 0.5) is 0 Å². The Hall–Kier alpha value is -0.520. The van der Waals surface area contributed by atoms with Crippen LogP contribution < -0.4 is 0 Å². The second-order valence-electron chi connectivity index (χ2n) is 1.86. The Labute approximate surface area is 68.9 Å². The molecule has 0 saturated carbocycles. The van der Waals surface area contributed by atoms with Gasteiger partial charge in [0, 0.05) is 4.88 Å². The van der Waals surface area contributed by atoms with Crippen LogP contribution in [0.15, 0.2) is 6.07 Å². The van der Waals surface area contributed by atoms with E-state index in [2.05, 4.69) is 0 Å². The molecule has 10 heavy (non-hydrogen) atoms. The van der Waals surface area contributed by atoms with E-state index in [1.54, 1.807) is 0 Å². The summed E-state index contributed by atoms with van der Waals surface area (Å²) < 4.78 is 0. The Kier molecular flexibility index (Phi) is 2.31. The smallest absolute Gasteiger partial charge is 0.123 e. The zero-order chi connectivity index (χ0) is 7.56. The number of rotatable bonds is 1. The first-order chi connectivity index (χ1) is 4.77. The number of hydrogen-bond donors (Lipinski definition) is 0. The topological polar surface area (TPSA) is 23.8 Å². The van der Waals surface area contributed by atoms with Gasteiger partial charge in [0.05, 0.1) is 5.02 Å². The zero-order valence-corrected chi connectivity index (χ0v) is 7.09. The fraction of sp³-hybridized carbons (Fsp3) is 0.286. The molecule has 1 heterocycles. The van der Waals surface area contributed by atoms with E-state index in [9.17, 15) is 0 Å². The molecule has 0 radical (unpaired) electrons. The van der Waals surface area contributed by atoms with Gasteiger partial charge in [0.1, 0.15) is 10.9 Å². The summed E-state index contributed by atoms with van der Waals surface area (Å²) in [5.74, 6) is 0. The molecule has 1 rings (SSSR count). The van der Waals surface area contributed by atoms with Crippen molar-refractivity contribution in [3.05, 3.63) is 20.8 Å². The summed E-state index contributed by atoms with van der Waals surface area (Å²) in [6, 6.07) is 3.89. The van der Waals surface area contributed by atoms with Gasteiger partial charge >= 0.3 is 0 Å². The molecule has 1 aromatic rings. The maximum atomic E-state index is 8.50. The van der Waals surface area contributed by atoms with Gasteiger partial charge in [-0.3, -0.25) is 0 Å². The summed E-state index contributed by atoms with van der Waals surface area (Å²) in [6.07, 6.45) is 0.950. The minimum absolute atomic E-state index is 0.587. The van der Waals surface area contributed by atoms with E-state index in [4.69, 9.17) is 16.9 Å². The summed E-state index contributed by atoms with van der Waals surface area (Å²) >= 11 is 7.18.